The summed E-state index contributed by atoms with van der Waals surface area (Å²) in [5.41, 5.74) is 0.530. The lowest BCUT2D eigenvalue weighted by molar-refractivity contribution is -0.382. The van der Waals surface area contributed by atoms with E-state index in [0.29, 0.717) is 5.56 Å². The molecule has 0 saturated heterocycles. The molecule has 0 aliphatic heterocycles. The van der Waals surface area contributed by atoms with Crippen molar-refractivity contribution < 1.29 is 18.0 Å². The minimum atomic E-state index is -4.13. The molecule has 1 aromatic carbocycles. The zero-order chi connectivity index (χ0) is 12.6. The van der Waals surface area contributed by atoms with Crippen LogP contribution in [0.25, 0.3) is 0 Å². The molecule has 0 unspecified atom stereocenters. The van der Waals surface area contributed by atoms with Crippen LogP contribution < -0.4 is 4.98 Å². The summed E-state index contributed by atoms with van der Waals surface area (Å²) >= 11 is 0. The van der Waals surface area contributed by atoms with E-state index < -0.39 is 15.9 Å². The van der Waals surface area contributed by atoms with Gasteiger partial charge in [0.25, 0.3) is 6.33 Å². The van der Waals surface area contributed by atoms with Crippen LogP contribution in [0.1, 0.15) is 5.56 Å². The minimum Gasteiger partial charge on any atom is -0.748 e. The Morgan fingerprint density at radius 3 is 2.24 bits per heavy atom. The standard InChI is InChI=1S/C7H8O3S.C4H4N2/c8-11(9,10)6-7-4-2-1-3-5-7;1-2-5-4-6-3-1/h1-5H,6H2,(H,8,9,10);1-4H. The number of hydrogen-bond donors (Lipinski definition) is 0. The van der Waals surface area contributed by atoms with E-state index >= 15 is 0 Å². The third kappa shape index (κ3) is 7.15. The molecule has 2 aromatic rings. The third-order valence-corrected chi connectivity index (χ3v) is 2.39. The molecule has 0 bridgehead atoms. The predicted octanol–water partition coefficient (Wildman–Crippen LogP) is 0.628. The van der Waals surface area contributed by atoms with Crippen molar-refractivity contribution >= 4 is 10.1 Å². The van der Waals surface area contributed by atoms with Crippen LogP contribution in [-0.4, -0.2) is 18.0 Å². The van der Waals surface area contributed by atoms with Gasteiger partial charge in [-0.1, -0.05) is 35.3 Å². The molecule has 0 radical (unpaired) electrons. The Hall–Kier alpha value is -1.79. The first-order chi connectivity index (χ1) is 8.08. The van der Waals surface area contributed by atoms with Gasteiger partial charge in [-0.3, -0.25) is 4.98 Å². The number of aromatic amines is 1. The van der Waals surface area contributed by atoms with Gasteiger partial charge in [0.1, 0.15) is 6.20 Å². The number of hydrogen-bond acceptors (Lipinski definition) is 4. The maximum atomic E-state index is 10.2. The molecule has 0 spiro atoms. The molecule has 0 fully saturated rings. The summed E-state index contributed by atoms with van der Waals surface area (Å²) in [6, 6.07) is 10.2. The lowest BCUT2D eigenvalue weighted by Crippen LogP contribution is -2.01. The Morgan fingerprint density at radius 2 is 1.88 bits per heavy atom. The van der Waals surface area contributed by atoms with Crippen molar-refractivity contribution in [2.24, 2.45) is 0 Å². The van der Waals surface area contributed by atoms with E-state index in [1.807, 2.05) is 12.3 Å². The Bertz CT molecular complexity index is 488. The highest BCUT2D eigenvalue weighted by Gasteiger charge is 1.95. The highest BCUT2D eigenvalue weighted by Crippen LogP contribution is 2.02. The van der Waals surface area contributed by atoms with Gasteiger partial charge in [-0.05, 0) is 5.56 Å². The number of benzene rings is 1. The lowest BCUT2D eigenvalue weighted by Gasteiger charge is -2.05. The van der Waals surface area contributed by atoms with Gasteiger partial charge >= 0.3 is 0 Å². The number of nitrogens with zero attached hydrogens (tertiary/aromatic N) is 1. The second-order valence-electron chi connectivity index (χ2n) is 3.14. The van der Waals surface area contributed by atoms with E-state index in [-0.39, 0.29) is 0 Å². The third-order valence-electron chi connectivity index (χ3n) is 1.70. The van der Waals surface area contributed by atoms with Crippen molar-refractivity contribution in [2.45, 2.75) is 5.75 Å². The van der Waals surface area contributed by atoms with Crippen LogP contribution in [0.3, 0.4) is 0 Å². The van der Waals surface area contributed by atoms with Gasteiger partial charge in [-0.15, -0.1) is 0 Å². The van der Waals surface area contributed by atoms with Gasteiger partial charge in [0.05, 0.1) is 22.1 Å². The molecule has 1 aromatic heterocycles. The van der Waals surface area contributed by atoms with Gasteiger partial charge in [-0.2, -0.15) is 0 Å². The zero-order valence-electron chi connectivity index (χ0n) is 8.98. The first-order valence-corrected chi connectivity index (χ1v) is 6.39. The van der Waals surface area contributed by atoms with Crippen LogP contribution in [0.5, 0.6) is 0 Å². The summed E-state index contributed by atoms with van der Waals surface area (Å²) in [5, 5.41) is 0. The van der Waals surface area contributed by atoms with E-state index in [0.717, 1.165) is 0 Å². The van der Waals surface area contributed by atoms with Crippen LogP contribution >= 0.6 is 0 Å². The smallest absolute Gasteiger partial charge is 0.283 e. The quantitative estimate of drug-likeness (QED) is 0.734. The van der Waals surface area contributed by atoms with Crippen LogP contribution in [0.15, 0.2) is 55.1 Å². The largest absolute Gasteiger partial charge is 0.748 e. The molecule has 2 rings (SSSR count). The molecule has 17 heavy (non-hydrogen) atoms. The second-order valence-corrected chi connectivity index (χ2v) is 4.54. The van der Waals surface area contributed by atoms with Crippen molar-refractivity contribution in [1.82, 2.24) is 4.98 Å². The molecule has 0 aliphatic carbocycles. The summed E-state index contributed by atoms with van der Waals surface area (Å²) in [5.74, 6) is -0.423. The van der Waals surface area contributed by atoms with Crippen LogP contribution in [0.2, 0.25) is 0 Å². The molecule has 5 nitrogen and oxygen atoms in total. The Kier molecular flexibility index (Phi) is 5.25. The van der Waals surface area contributed by atoms with E-state index in [4.69, 9.17) is 0 Å². The fourth-order valence-corrected chi connectivity index (χ4v) is 1.66. The topological polar surface area (TPSA) is 84.2 Å². The number of H-pyrrole nitrogens is 1. The van der Waals surface area contributed by atoms with Crippen molar-refractivity contribution in [3.8, 4) is 0 Å². The highest BCUT2D eigenvalue weighted by atomic mass is 32.2. The molecular formula is C11H12N2O3S. The van der Waals surface area contributed by atoms with Crippen molar-refractivity contribution in [2.75, 3.05) is 0 Å². The summed E-state index contributed by atoms with van der Waals surface area (Å²) in [4.78, 5) is 6.51. The van der Waals surface area contributed by atoms with E-state index in [2.05, 4.69) is 9.97 Å². The summed E-state index contributed by atoms with van der Waals surface area (Å²) in [7, 11) is -4.13. The van der Waals surface area contributed by atoms with Crippen LogP contribution in [-0.2, 0) is 15.9 Å². The van der Waals surface area contributed by atoms with Crippen molar-refractivity contribution in [3.63, 3.8) is 0 Å². The molecule has 90 valence electrons. The molecule has 0 amide bonds. The first kappa shape index (κ1) is 13.3. The van der Waals surface area contributed by atoms with Gasteiger partial charge < -0.3 is 4.55 Å². The van der Waals surface area contributed by atoms with E-state index in [1.165, 1.54) is 0 Å². The fourth-order valence-electron chi connectivity index (χ4n) is 1.06. The van der Waals surface area contributed by atoms with E-state index in [9.17, 15) is 13.0 Å². The molecule has 6 heteroatoms. The average molecular weight is 252 g/mol. The molecule has 1 N–H and O–H groups in total. The summed E-state index contributed by atoms with van der Waals surface area (Å²) in [6.07, 6.45) is 5.16. The van der Waals surface area contributed by atoms with Crippen LogP contribution in [0, 0.1) is 0 Å². The zero-order valence-corrected chi connectivity index (χ0v) is 9.80. The maximum absolute atomic E-state index is 10.2. The maximum Gasteiger partial charge on any atom is 0.283 e. The predicted molar refractivity (Wildman–Crippen MR) is 60.6 cm³/mol. The van der Waals surface area contributed by atoms with Gasteiger partial charge in [0, 0.05) is 6.07 Å². The average Bonchev–Trinajstić information content (AvgIpc) is 2.31. The molecular weight excluding hydrogens is 240 g/mol. The number of nitrogens with one attached hydrogen (secondary N) is 1. The Balaban J connectivity index is 0.000000202. The Labute approximate surface area is 99.9 Å². The SMILES string of the molecule is O=S(=O)([O-])Cc1ccccc1.c1cnc[nH+]c1. The number of aromatic nitrogens is 2. The molecule has 0 saturated carbocycles. The fraction of sp³-hybridized carbons (Fsp3) is 0.0909. The van der Waals surface area contributed by atoms with Crippen LogP contribution in [0.4, 0.5) is 0 Å². The minimum absolute atomic E-state index is 0.423. The molecule has 1 heterocycles. The first-order valence-electron chi connectivity index (χ1n) is 4.81. The van der Waals surface area contributed by atoms with Gasteiger partial charge in [-0.25, -0.2) is 8.42 Å². The van der Waals surface area contributed by atoms with Gasteiger partial charge in [0.15, 0.2) is 0 Å². The monoisotopic (exact) mass is 252 g/mol. The Morgan fingerprint density at radius 1 is 1.18 bits per heavy atom. The van der Waals surface area contributed by atoms with Crippen molar-refractivity contribution in [3.05, 3.63) is 60.7 Å². The van der Waals surface area contributed by atoms with E-state index in [1.54, 1.807) is 42.9 Å². The molecule has 0 atom stereocenters. The summed E-state index contributed by atoms with van der Waals surface area (Å²) < 4.78 is 30.7. The highest BCUT2D eigenvalue weighted by molar-refractivity contribution is 7.84. The summed E-state index contributed by atoms with van der Waals surface area (Å²) in [6.45, 7) is 0. The number of rotatable bonds is 2. The van der Waals surface area contributed by atoms with Crippen molar-refractivity contribution in [1.29, 1.82) is 0 Å². The normalized spacial score (nSPS) is 10.2. The molecule has 0 aliphatic rings. The van der Waals surface area contributed by atoms with Gasteiger partial charge in [0.2, 0.25) is 0 Å². The lowest BCUT2D eigenvalue weighted by atomic mass is 10.2. The second kappa shape index (κ2) is 6.72.